The maximum Gasteiger partial charge on any atom is 0.243 e. The van der Waals surface area contributed by atoms with Crippen LogP contribution in [0.4, 0.5) is 10.2 Å². The normalized spacial score (nSPS) is 16.4. The highest BCUT2D eigenvalue weighted by atomic mass is 32.2. The van der Waals surface area contributed by atoms with Crippen molar-refractivity contribution in [3.05, 3.63) is 60.2 Å². The molecule has 0 radical (unpaired) electrons. The number of hydrogen-bond acceptors (Lipinski definition) is 5. The van der Waals surface area contributed by atoms with E-state index in [9.17, 15) is 12.8 Å². The summed E-state index contributed by atoms with van der Waals surface area (Å²) in [6.45, 7) is 2.77. The summed E-state index contributed by atoms with van der Waals surface area (Å²) >= 11 is 0. The molecule has 146 valence electrons. The van der Waals surface area contributed by atoms with Crippen LogP contribution >= 0.6 is 0 Å². The number of anilines is 1. The number of aromatic nitrogens is 2. The molecular weight excluding hydrogens is 379 g/mol. The first-order chi connectivity index (χ1) is 13.4. The lowest BCUT2D eigenvalue weighted by Crippen LogP contribution is -2.42. The van der Waals surface area contributed by atoms with E-state index < -0.39 is 10.0 Å². The minimum atomic E-state index is -3.49. The van der Waals surface area contributed by atoms with Crippen molar-refractivity contribution < 1.29 is 12.8 Å². The topological polar surface area (TPSA) is 75.2 Å². The minimum absolute atomic E-state index is 0.0610. The number of halogens is 1. The molecule has 8 heteroatoms. The maximum absolute atomic E-state index is 13.6. The number of nitrogens with one attached hydrogen (secondary N) is 1. The van der Waals surface area contributed by atoms with Crippen molar-refractivity contribution in [2.45, 2.75) is 30.7 Å². The van der Waals surface area contributed by atoms with Gasteiger partial charge in [-0.05, 0) is 50.1 Å². The molecule has 0 bridgehead atoms. The average molecular weight is 400 g/mol. The van der Waals surface area contributed by atoms with E-state index in [2.05, 4.69) is 15.3 Å². The first-order valence-corrected chi connectivity index (χ1v) is 10.6. The Labute approximate surface area is 163 Å². The summed E-state index contributed by atoms with van der Waals surface area (Å²) in [5, 5.41) is 3.95. The van der Waals surface area contributed by atoms with Gasteiger partial charge in [0.15, 0.2) is 0 Å². The van der Waals surface area contributed by atoms with Crippen molar-refractivity contribution in [1.82, 2.24) is 14.3 Å². The third kappa shape index (κ3) is 3.70. The zero-order valence-electron chi connectivity index (χ0n) is 15.5. The summed E-state index contributed by atoms with van der Waals surface area (Å²) in [4.78, 5) is 8.72. The van der Waals surface area contributed by atoms with Gasteiger partial charge in [-0.25, -0.2) is 22.8 Å². The summed E-state index contributed by atoms with van der Waals surface area (Å²) in [6.07, 6.45) is 2.73. The summed E-state index contributed by atoms with van der Waals surface area (Å²) in [5.74, 6) is 0.230. The molecule has 6 nitrogen and oxygen atoms in total. The molecule has 2 aromatic carbocycles. The van der Waals surface area contributed by atoms with Crippen LogP contribution in [0.1, 0.15) is 18.4 Å². The molecule has 0 spiro atoms. The van der Waals surface area contributed by atoms with Gasteiger partial charge in [-0.1, -0.05) is 17.7 Å². The molecule has 1 aliphatic rings. The molecule has 0 unspecified atom stereocenters. The first kappa shape index (κ1) is 18.8. The number of hydrogen-bond donors (Lipinski definition) is 1. The van der Waals surface area contributed by atoms with Crippen LogP contribution in [0.5, 0.6) is 0 Å². The lowest BCUT2D eigenvalue weighted by Gasteiger charge is -2.32. The Bertz CT molecular complexity index is 1090. The highest BCUT2D eigenvalue weighted by molar-refractivity contribution is 7.89. The predicted octanol–water partition coefficient (Wildman–Crippen LogP) is 3.34. The summed E-state index contributed by atoms with van der Waals surface area (Å²) in [5.41, 5.74) is 1.69. The predicted molar refractivity (Wildman–Crippen MR) is 106 cm³/mol. The highest BCUT2D eigenvalue weighted by Gasteiger charge is 2.29. The van der Waals surface area contributed by atoms with Crippen molar-refractivity contribution in [3.63, 3.8) is 0 Å². The van der Waals surface area contributed by atoms with Crippen LogP contribution in [0.25, 0.3) is 10.9 Å². The lowest BCUT2D eigenvalue weighted by molar-refractivity contribution is 0.329. The summed E-state index contributed by atoms with van der Waals surface area (Å²) in [7, 11) is -3.49. The lowest BCUT2D eigenvalue weighted by atomic mass is 10.1. The van der Waals surface area contributed by atoms with Crippen molar-refractivity contribution >= 4 is 26.7 Å². The van der Waals surface area contributed by atoms with E-state index in [1.54, 1.807) is 30.3 Å². The van der Waals surface area contributed by atoms with Crippen LogP contribution in [0.15, 0.2) is 53.7 Å². The van der Waals surface area contributed by atoms with Crippen molar-refractivity contribution in [2.24, 2.45) is 0 Å². The Morgan fingerprint density at radius 1 is 1.07 bits per heavy atom. The standard InChI is InChI=1S/C20H21FN4O2S/c1-14-2-5-17(6-3-14)28(26,27)25-10-8-16(9-11-25)24-20-18-12-15(21)4-7-19(18)22-13-23-20/h2-7,12-13,16H,8-11H2,1H3,(H,22,23,24). The molecule has 0 amide bonds. The Kier molecular flexibility index (Phi) is 4.99. The molecule has 1 aromatic heterocycles. The second-order valence-corrected chi connectivity index (χ2v) is 8.96. The second kappa shape index (κ2) is 7.44. The Hall–Kier alpha value is -2.58. The SMILES string of the molecule is Cc1ccc(S(=O)(=O)N2CCC(Nc3ncnc4ccc(F)cc34)CC2)cc1. The molecule has 0 saturated carbocycles. The number of aryl methyl sites for hydroxylation is 1. The van der Waals surface area contributed by atoms with E-state index >= 15 is 0 Å². The molecule has 0 atom stereocenters. The Morgan fingerprint density at radius 3 is 2.50 bits per heavy atom. The van der Waals surface area contributed by atoms with Gasteiger partial charge in [0.2, 0.25) is 10.0 Å². The Morgan fingerprint density at radius 2 is 1.79 bits per heavy atom. The number of nitrogens with zero attached hydrogens (tertiary/aromatic N) is 3. The molecule has 0 aliphatic carbocycles. The van der Waals surface area contributed by atoms with E-state index in [4.69, 9.17) is 0 Å². The molecule has 4 rings (SSSR count). The maximum atomic E-state index is 13.6. The molecule has 1 fully saturated rings. The Balaban J connectivity index is 1.46. The average Bonchev–Trinajstić information content (AvgIpc) is 2.69. The first-order valence-electron chi connectivity index (χ1n) is 9.17. The number of fused-ring (bicyclic) bond motifs is 1. The molecule has 3 aromatic rings. The van der Waals surface area contributed by atoms with Gasteiger partial charge in [0.25, 0.3) is 0 Å². The van der Waals surface area contributed by atoms with Crippen LogP contribution in [-0.4, -0.2) is 41.8 Å². The number of sulfonamides is 1. The van der Waals surface area contributed by atoms with Gasteiger partial charge in [0.1, 0.15) is 18.0 Å². The quantitative estimate of drug-likeness (QED) is 0.727. The molecule has 1 saturated heterocycles. The fourth-order valence-corrected chi connectivity index (χ4v) is 4.91. The molecule has 2 heterocycles. The molecule has 28 heavy (non-hydrogen) atoms. The third-order valence-corrected chi connectivity index (χ3v) is 6.96. The summed E-state index contributed by atoms with van der Waals surface area (Å²) < 4.78 is 40.8. The number of piperidine rings is 1. The van der Waals surface area contributed by atoms with Gasteiger partial charge in [-0.3, -0.25) is 0 Å². The highest BCUT2D eigenvalue weighted by Crippen LogP contribution is 2.25. The van der Waals surface area contributed by atoms with E-state index in [1.165, 1.54) is 22.8 Å². The van der Waals surface area contributed by atoms with E-state index in [-0.39, 0.29) is 11.9 Å². The summed E-state index contributed by atoms with van der Waals surface area (Å²) in [6, 6.07) is 11.4. The largest absolute Gasteiger partial charge is 0.367 e. The van der Waals surface area contributed by atoms with Crippen molar-refractivity contribution in [1.29, 1.82) is 0 Å². The number of benzene rings is 2. The van der Waals surface area contributed by atoms with E-state index in [0.29, 0.717) is 47.5 Å². The monoisotopic (exact) mass is 400 g/mol. The fourth-order valence-electron chi connectivity index (χ4n) is 3.44. The van der Waals surface area contributed by atoms with Crippen molar-refractivity contribution in [2.75, 3.05) is 18.4 Å². The van der Waals surface area contributed by atoms with Crippen LogP contribution in [0, 0.1) is 12.7 Å². The fraction of sp³-hybridized carbons (Fsp3) is 0.300. The van der Waals surface area contributed by atoms with Gasteiger partial charge in [-0.2, -0.15) is 4.31 Å². The zero-order chi connectivity index (χ0) is 19.7. The van der Waals surface area contributed by atoms with Gasteiger partial charge in [0.05, 0.1) is 10.4 Å². The van der Waals surface area contributed by atoms with Crippen LogP contribution in [-0.2, 0) is 10.0 Å². The van der Waals surface area contributed by atoms with E-state index in [0.717, 1.165) is 5.56 Å². The van der Waals surface area contributed by atoms with Crippen LogP contribution in [0.2, 0.25) is 0 Å². The second-order valence-electron chi connectivity index (χ2n) is 7.02. The van der Waals surface area contributed by atoms with Gasteiger partial charge < -0.3 is 5.32 Å². The van der Waals surface area contributed by atoms with Crippen LogP contribution in [0.3, 0.4) is 0 Å². The van der Waals surface area contributed by atoms with Gasteiger partial charge in [0, 0.05) is 24.5 Å². The smallest absolute Gasteiger partial charge is 0.243 e. The van der Waals surface area contributed by atoms with E-state index in [1.807, 2.05) is 6.92 Å². The van der Waals surface area contributed by atoms with Crippen molar-refractivity contribution in [3.8, 4) is 0 Å². The molecule has 1 N–H and O–H groups in total. The number of rotatable bonds is 4. The molecular formula is C20H21FN4O2S. The van der Waals surface area contributed by atoms with Gasteiger partial charge >= 0.3 is 0 Å². The zero-order valence-corrected chi connectivity index (χ0v) is 16.3. The minimum Gasteiger partial charge on any atom is -0.367 e. The van der Waals surface area contributed by atoms with Gasteiger partial charge in [-0.15, -0.1) is 0 Å². The molecule has 1 aliphatic heterocycles. The third-order valence-electron chi connectivity index (χ3n) is 5.05. The van der Waals surface area contributed by atoms with Crippen LogP contribution < -0.4 is 5.32 Å².